The van der Waals surface area contributed by atoms with E-state index in [-0.39, 0.29) is 92.3 Å². The first kappa shape index (κ1) is 23.1. The fourth-order valence-electron chi connectivity index (χ4n) is 0. The third kappa shape index (κ3) is 323. The van der Waals surface area contributed by atoms with Crippen molar-refractivity contribution in [1.82, 2.24) is 0 Å². The molecule has 0 rings (SSSR count). The zero-order valence-corrected chi connectivity index (χ0v) is 12.7. The Hall–Kier alpha value is 1.90. The summed E-state index contributed by atoms with van der Waals surface area (Å²) in [5.41, 5.74) is 0. The van der Waals surface area contributed by atoms with Gasteiger partial charge in [0, 0.05) is 0 Å². The Labute approximate surface area is 138 Å². The zero-order chi connectivity index (χ0) is 8.08. The van der Waals surface area contributed by atoms with E-state index in [4.69, 9.17) is 32.8 Å². The number of rotatable bonds is 0. The first-order valence-electron chi connectivity index (χ1n) is 1.26. The molecule has 0 spiro atoms. The van der Waals surface area contributed by atoms with Gasteiger partial charge in [-0.05, 0) is 0 Å². The van der Waals surface area contributed by atoms with Crippen molar-refractivity contribution in [3.63, 3.8) is 0 Å². The predicted molar refractivity (Wildman–Crippen MR) is 38.9 cm³/mol. The smallest absolute Gasteiger partial charge is 1.00 e. The minimum atomic E-state index is -4.67. The Morgan fingerprint density at radius 3 is 1.36 bits per heavy atom. The van der Waals surface area contributed by atoms with E-state index >= 15 is 0 Å². The molecule has 0 saturated heterocycles. The van der Waals surface area contributed by atoms with Crippen molar-refractivity contribution < 1.29 is 33.5 Å². The Bertz CT molecular complexity index is 173. The molecule has 8 nitrogen and oxygen atoms in total. The van der Waals surface area contributed by atoms with Crippen LogP contribution in [0.25, 0.3) is 0 Å². The summed E-state index contributed by atoms with van der Waals surface area (Å²) in [6.45, 7) is 0. The van der Waals surface area contributed by atoms with Gasteiger partial charge in [-0.15, -0.1) is 10.1 Å². The molecule has 3 N–H and O–H groups in total. The van der Waals surface area contributed by atoms with Crippen LogP contribution in [0.4, 0.5) is 0 Å². The van der Waals surface area contributed by atoms with Gasteiger partial charge in [0.25, 0.3) is 5.09 Å². The molecule has 0 bridgehead atoms. The Morgan fingerprint density at radius 1 is 1.36 bits per heavy atom. The van der Waals surface area contributed by atoms with Crippen LogP contribution in [0, 0.1) is 10.1 Å². The van der Waals surface area contributed by atoms with E-state index in [1.807, 2.05) is 0 Å². The van der Waals surface area contributed by atoms with Gasteiger partial charge in [-0.2, -0.15) is 8.42 Å². The molecule has 0 amide bonds. The van der Waals surface area contributed by atoms with Crippen LogP contribution in [0.5, 0.6) is 0 Å². The van der Waals surface area contributed by atoms with Crippen molar-refractivity contribution in [3.05, 3.63) is 10.1 Å². The van der Waals surface area contributed by atoms with Gasteiger partial charge in [-0.3, -0.25) is 9.11 Å². The molecule has 0 aromatic rings. The van der Waals surface area contributed by atoms with Crippen LogP contribution in [-0.2, 0) is 10.4 Å². The van der Waals surface area contributed by atoms with Gasteiger partial charge in [0.1, 0.15) is 0 Å². The summed E-state index contributed by atoms with van der Waals surface area (Å²) < 4.78 is 31.6. The molecule has 0 atom stereocenters. The number of hydrogen-bond donors (Lipinski definition) is 3. The minimum absolute atomic E-state index is 0. The van der Waals surface area contributed by atoms with E-state index in [1.165, 1.54) is 0 Å². The Balaban J connectivity index is -0.00000000785. The molecule has 0 heterocycles. The monoisotopic (exact) mass is 343 g/mol. The van der Waals surface area contributed by atoms with Crippen LogP contribution >= 0.6 is 0 Å². The second-order valence-corrected chi connectivity index (χ2v) is 1.58. The van der Waals surface area contributed by atoms with Gasteiger partial charge in [-0.25, -0.2) is 0 Å². The van der Waals surface area contributed by atoms with E-state index in [2.05, 4.69) is 0 Å². The summed E-state index contributed by atoms with van der Waals surface area (Å²) >= 11 is 0. The van der Waals surface area contributed by atoms with Gasteiger partial charge in [0.2, 0.25) is 0 Å². The average Bonchev–Trinajstić information content (AvgIpc) is 1.19. The SMILES string of the molecule is O=S(=O)(O)O.O=[N+]([O-])O.[Ba+2].[Ca+2].[H-].[H-].[H-].[H-]. The fourth-order valence-corrected chi connectivity index (χ4v) is 0. The molecule has 0 unspecified atom stereocenters. The molecule has 0 aliphatic heterocycles. The summed E-state index contributed by atoms with van der Waals surface area (Å²) in [6, 6.07) is 0. The van der Waals surface area contributed by atoms with Crippen LogP contribution in [0.3, 0.4) is 0 Å². The second-order valence-electron chi connectivity index (χ2n) is 0.686. The largest absolute Gasteiger partial charge is 2.00 e. The fraction of sp³-hybridized carbons (Fsp3) is 0. The van der Waals surface area contributed by atoms with E-state index in [0.717, 1.165) is 0 Å². The maximum absolute atomic E-state index is 8.74. The normalized spacial score (nSPS) is 7.45. The van der Waals surface area contributed by atoms with Crippen molar-refractivity contribution in [3.8, 4) is 0 Å². The number of hydrogen-bond acceptors (Lipinski definition) is 4. The van der Waals surface area contributed by atoms with Crippen molar-refractivity contribution in [2.75, 3.05) is 0 Å². The zero-order valence-electron chi connectivity index (χ0n) is 9.24. The first-order valence-corrected chi connectivity index (χ1v) is 2.66. The Kier molecular flexibility index (Phi) is 25.0. The topological polar surface area (TPSA) is 138 Å². The van der Waals surface area contributed by atoms with Gasteiger partial charge in [0.15, 0.2) is 0 Å². The van der Waals surface area contributed by atoms with Crippen LogP contribution in [0.2, 0.25) is 0 Å². The van der Waals surface area contributed by atoms with Crippen LogP contribution < -0.4 is 0 Å². The first-order chi connectivity index (χ1) is 3.73. The molecule has 11 heteroatoms. The van der Waals surface area contributed by atoms with Crippen molar-refractivity contribution in [1.29, 1.82) is 0 Å². The summed E-state index contributed by atoms with van der Waals surface area (Å²) in [5.74, 6) is 0. The molecule has 0 aromatic heterocycles. The van der Waals surface area contributed by atoms with Crippen LogP contribution in [0.15, 0.2) is 0 Å². The molecule has 0 aliphatic carbocycles. The third-order valence-electron chi connectivity index (χ3n) is 0. The summed E-state index contributed by atoms with van der Waals surface area (Å²) in [7, 11) is -4.67. The van der Waals surface area contributed by atoms with Crippen molar-refractivity contribution >= 4 is 97.0 Å². The summed E-state index contributed by atoms with van der Waals surface area (Å²) in [6.07, 6.45) is 0. The molecule has 0 saturated carbocycles. The summed E-state index contributed by atoms with van der Waals surface area (Å²) in [5, 5.41) is 13.6. The average molecular weight is 343 g/mol. The number of nitrogens with zero attached hydrogens (tertiary/aromatic N) is 1. The van der Waals surface area contributed by atoms with Gasteiger partial charge in [-0.1, -0.05) is 0 Å². The van der Waals surface area contributed by atoms with E-state index in [1.54, 1.807) is 0 Å². The molecule has 11 heavy (non-hydrogen) atoms. The molecule has 0 radical (unpaired) electrons. The molecule has 0 aliphatic rings. The summed E-state index contributed by atoms with van der Waals surface area (Å²) in [4.78, 5) is 8.36. The standard InChI is InChI=1S/Ba.Ca.HNO3.H2O4S.4H/c;;2-1(3)4;1-5(2,3)4;;;;/h;;(H,2,3,4);(H2,1,2,3,4);;;;/q2*+2;;;4*-1. The van der Waals surface area contributed by atoms with Crippen molar-refractivity contribution in [2.24, 2.45) is 0 Å². The van der Waals surface area contributed by atoms with E-state index < -0.39 is 15.5 Å². The molecule has 64 valence electrons. The molecular weight excluding hydrogens is 335 g/mol. The van der Waals surface area contributed by atoms with Crippen molar-refractivity contribution in [2.45, 2.75) is 0 Å². The second kappa shape index (κ2) is 11.9. The van der Waals surface area contributed by atoms with Crippen LogP contribution in [-0.4, -0.2) is 114 Å². The predicted octanol–water partition coefficient (Wildman–Crippen LogP) is -1.31. The maximum Gasteiger partial charge on any atom is 2.00 e. The minimum Gasteiger partial charge on any atom is -1.00 e. The van der Waals surface area contributed by atoms with Gasteiger partial charge >= 0.3 is 97.0 Å². The van der Waals surface area contributed by atoms with Gasteiger partial charge in [0.05, 0.1) is 0 Å². The van der Waals surface area contributed by atoms with Crippen LogP contribution in [0.1, 0.15) is 5.71 Å². The van der Waals surface area contributed by atoms with E-state index in [0.29, 0.717) is 0 Å². The molecular formula is H7BaCaNO7S. The molecule has 0 fully saturated rings. The molecule has 0 aromatic carbocycles. The maximum atomic E-state index is 8.74. The third-order valence-corrected chi connectivity index (χ3v) is 0. The van der Waals surface area contributed by atoms with E-state index in [9.17, 15) is 0 Å². The Morgan fingerprint density at radius 2 is 1.36 bits per heavy atom. The van der Waals surface area contributed by atoms with Gasteiger partial charge < -0.3 is 10.9 Å². The quantitative estimate of drug-likeness (QED) is 0.215.